The molecule has 3 aliphatic rings. The number of hydrogen-bond donors (Lipinski definition) is 2. The normalized spacial score (nSPS) is 29.2. The predicted molar refractivity (Wildman–Crippen MR) is 140 cm³/mol. The third-order valence-electron chi connectivity index (χ3n) is 7.34. The van der Waals surface area contributed by atoms with Crippen LogP contribution in [0.2, 0.25) is 0 Å². The molecule has 13 heteroatoms. The quantitative estimate of drug-likeness (QED) is 0.279. The maximum atomic E-state index is 13.8. The summed E-state index contributed by atoms with van der Waals surface area (Å²) in [6.07, 6.45) is 1.38. The van der Waals surface area contributed by atoms with Crippen LogP contribution < -0.4 is 5.32 Å². The van der Waals surface area contributed by atoms with Crippen LogP contribution in [0, 0.1) is 11.6 Å². The molecular weight excluding hydrogens is 530 g/mol. The van der Waals surface area contributed by atoms with Crippen molar-refractivity contribution < 1.29 is 28.1 Å². The number of fused-ring (bicyclic) bond motifs is 2. The summed E-state index contributed by atoms with van der Waals surface area (Å²) in [7, 11) is 0. The maximum Gasteiger partial charge on any atom is 0.191 e. The van der Waals surface area contributed by atoms with Gasteiger partial charge in [0.2, 0.25) is 0 Å². The lowest BCUT2D eigenvalue weighted by atomic mass is 10.1. The number of hydrogen-bond acceptors (Lipinski definition) is 10. The Labute approximate surface area is 228 Å². The van der Waals surface area contributed by atoms with Gasteiger partial charge in [0.25, 0.3) is 0 Å². The van der Waals surface area contributed by atoms with Crippen molar-refractivity contribution in [2.24, 2.45) is 0 Å². The molecule has 2 aliphatic carbocycles. The monoisotopic (exact) mass is 562 g/mol. The molecule has 2 N–H and O–H groups in total. The Balaban J connectivity index is 1.31. The molecule has 2 saturated carbocycles. The first-order valence-corrected chi connectivity index (χ1v) is 14.3. The molecule has 6 rings (SSSR count). The van der Waals surface area contributed by atoms with Crippen molar-refractivity contribution in [1.82, 2.24) is 25.0 Å². The number of rotatable bonds is 10. The lowest BCUT2D eigenvalue weighted by Crippen LogP contribution is -2.31. The highest BCUT2D eigenvalue weighted by atomic mass is 32.2. The fourth-order valence-electron chi connectivity index (χ4n) is 5.55. The third kappa shape index (κ3) is 5.22. The lowest BCUT2D eigenvalue weighted by Gasteiger charge is -2.23. The highest BCUT2D eigenvalue weighted by molar-refractivity contribution is 7.99. The number of anilines is 1. The molecule has 2 aromatic heterocycles. The van der Waals surface area contributed by atoms with E-state index in [1.807, 2.05) is 13.8 Å². The van der Waals surface area contributed by atoms with Crippen LogP contribution >= 0.6 is 11.8 Å². The van der Waals surface area contributed by atoms with Gasteiger partial charge < -0.3 is 24.6 Å². The Morgan fingerprint density at radius 3 is 2.77 bits per heavy atom. The summed E-state index contributed by atoms with van der Waals surface area (Å²) in [5.74, 6) is -1.03. The SMILES string of the molecule is CCCSc1nc(N[C@@H]2CC2c2ccc(F)c(F)c2)c2nnn([C@@H]3C[C@H](OCCO)[C@H]4OC(C)(C)O[C@H]43)c2n1. The second-order valence-corrected chi connectivity index (χ2v) is 11.7. The first-order valence-electron chi connectivity index (χ1n) is 13.3. The number of aromatic nitrogens is 5. The largest absolute Gasteiger partial charge is 0.394 e. The number of nitrogens with zero attached hydrogens (tertiary/aromatic N) is 5. The van der Waals surface area contributed by atoms with E-state index in [1.165, 1.54) is 6.07 Å². The van der Waals surface area contributed by atoms with Gasteiger partial charge in [-0.3, -0.25) is 0 Å². The Morgan fingerprint density at radius 2 is 2.00 bits per heavy atom. The third-order valence-corrected chi connectivity index (χ3v) is 8.40. The Kier molecular flexibility index (Phi) is 7.21. The number of aliphatic hydroxyl groups excluding tert-OH is 1. The standard InChI is InChI=1S/C26H32F2N6O4S/c1-4-9-39-25-30-23(29-17-11-14(17)13-5-6-15(27)16(28)10-13)20-24(31-25)34(33-32-20)18-12-19(36-8-7-35)22-21(18)37-26(2,3)38-22/h5-6,10,14,17-19,21-22,35H,4,7-9,11-12H2,1-3H3,(H,29,30,31)/t14?,17-,18-,19+,21+,22-/m1/s1. The van der Waals surface area contributed by atoms with Crippen LogP contribution in [0.15, 0.2) is 23.4 Å². The van der Waals surface area contributed by atoms with Crippen LogP contribution in [0.1, 0.15) is 57.6 Å². The predicted octanol–water partition coefficient (Wildman–Crippen LogP) is 3.81. The first kappa shape index (κ1) is 26.8. The molecule has 0 spiro atoms. The first-order chi connectivity index (χ1) is 18.8. The fourth-order valence-corrected chi connectivity index (χ4v) is 6.24. The van der Waals surface area contributed by atoms with Crippen LogP contribution in [0.4, 0.5) is 14.6 Å². The molecule has 3 heterocycles. The summed E-state index contributed by atoms with van der Waals surface area (Å²) in [6.45, 7) is 5.96. The zero-order chi connectivity index (χ0) is 27.3. The Morgan fingerprint density at radius 1 is 1.18 bits per heavy atom. The molecular formula is C26H32F2N6O4S. The molecule has 3 fully saturated rings. The second-order valence-electron chi connectivity index (χ2n) is 10.7. The van der Waals surface area contributed by atoms with Gasteiger partial charge in [-0.05, 0) is 44.4 Å². The second kappa shape index (κ2) is 10.5. The van der Waals surface area contributed by atoms with Crippen molar-refractivity contribution >= 4 is 28.7 Å². The van der Waals surface area contributed by atoms with E-state index in [0.29, 0.717) is 28.6 Å². The Bertz CT molecular complexity index is 1360. The molecule has 1 unspecified atom stereocenters. The average molecular weight is 563 g/mol. The van der Waals surface area contributed by atoms with Gasteiger partial charge in [0, 0.05) is 24.1 Å². The molecule has 0 bridgehead atoms. The van der Waals surface area contributed by atoms with Crippen molar-refractivity contribution in [1.29, 1.82) is 0 Å². The maximum absolute atomic E-state index is 13.8. The summed E-state index contributed by atoms with van der Waals surface area (Å²) in [6, 6.07) is 3.80. The molecule has 1 aromatic carbocycles. The van der Waals surface area contributed by atoms with Gasteiger partial charge >= 0.3 is 0 Å². The van der Waals surface area contributed by atoms with E-state index >= 15 is 0 Å². The lowest BCUT2D eigenvalue weighted by molar-refractivity contribution is -0.171. The van der Waals surface area contributed by atoms with E-state index < -0.39 is 17.4 Å². The van der Waals surface area contributed by atoms with Gasteiger partial charge in [0.05, 0.1) is 25.4 Å². The average Bonchev–Trinajstić information content (AvgIpc) is 3.24. The number of benzene rings is 1. The minimum atomic E-state index is -0.853. The van der Waals surface area contributed by atoms with Crippen molar-refractivity contribution in [3.63, 3.8) is 0 Å². The minimum Gasteiger partial charge on any atom is -0.394 e. The molecule has 6 atom stereocenters. The zero-order valence-corrected chi connectivity index (χ0v) is 22.8. The van der Waals surface area contributed by atoms with Gasteiger partial charge in [0.1, 0.15) is 12.2 Å². The number of halogens is 2. The van der Waals surface area contributed by atoms with Crippen LogP contribution in [0.25, 0.3) is 11.2 Å². The zero-order valence-electron chi connectivity index (χ0n) is 22.0. The topological polar surface area (TPSA) is 116 Å². The highest BCUT2D eigenvalue weighted by Crippen LogP contribution is 2.46. The molecule has 1 saturated heterocycles. The van der Waals surface area contributed by atoms with Crippen LogP contribution in [0.5, 0.6) is 0 Å². The van der Waals surface area contributed by atoms with E-state index in [0.717, 1.165) is 30.2 Å². The van der Waals surface area contributed by atoms with Crippen molar-refractivity contribution in [2.75, 3.05) is 24.3 Å². The van der Waals surface area contributed by atoms with E-state index in [2.05, 4.69) is 22.6 Å². The number of nitrogens with one attached hydrogen (secondary N) is 1. The number of aliphatic hydroxyl groups is 1. The summed E-state index contributed by atoms with van der Waals surface area (Å²) in [5, 5.41) is 22.3. The van der Waals surface area contributed by atoms with Gasteiger partial charge in [-0.25, -0.2) is 23.4 Å². The smallest absolute Gasteiger partial charge is 0.191 e. The molecule has 39 heavy (non-hydrogen) atoms. The summed E-state index contributed by atoms with van der Waals surface area (Å²) >= 11 is 1.55. The van der Waals surface area contributed by atoms with E-state index in [4.69, 9.17) is 24.2 Å². The summed E-state index contributed by atoms with van der Waals surface area (Å²) in [5.41, 5.74) is 1.85. The highest BCUT2D eigenvalue weighted by Gasteiger charge is 2.56. The molecule has 10 nitrogen and oxygen atoms in total. The molecule has 3 aromatic rings. The van der Waals surface area contributed by atoms with Crippen LogP contribution in [-0.4, -0.2) is 79.2 Å². The van der Waals surface area contributed by atoms with Crippen molar-refractivity contribution in [2.45, 2.75) is 87.3 Å². The summed E-state index contributed by atoms with van der Waals surface area (Å²) < 4.78 is 47.4. The van der Waals surface area contributed by atoms with E-state index in [1.54, 1.807) is 22.5 Å². The van der Waals surface area contributed by atoms with E-state index in [9.17, 15) is 13.9 Å². The minimum absolute atomic E-state index is 0.00150. The molecule has 0 amide bonds. The fraction of sp³-hybridized carbons (Fsp3) is 0.615. The van der Waals surface area contributed by atoms with Crippen LogP contribution in [-0.2, 0) is 14.2 Å². The molecule has 0 radical (unpaired) electrons. The van der Waals surface area contributed by atoms with Crippen LogP contribution in [0.3, 0.4) is 0 Å². The number of thioether (sulfide) groups is 1. The van der Waals surface area contributed by atoms with Gasteiger partial charge in [-0.2, -0.15) is 0 Å². The van der Waals surface area contributed by atoms with Crippen molar-refractivity contribution in [3.8, 4) is 0 Å². The molecule has 1 aliphatic heterocycles. The van der Waals surface area contributed by atoms with E-state index in [-0.39, 0.29) is 49.5 Å². The molecule has 210 valence electrons. The Hall–Kier alpha value is -2.45. The summed E-state index contributed by atoms with van der Waals surface area (Å²) in [4.78, 5) is 9.57. The van der Waals surface area contributed by atoms with Gasteiger partial charge in [-0.1, -0.05) is 30.0 Å². The van der Waals surface area contributed by atoms with Crippen molar-refractivity contribution in [3.05, 3.63) is 35.4 Å². The van der Waals surface area contributed by atoms with Gasteiger partial charge in [0.15, 0.2) is 39.6 Å². The number of ether oxygens (including phenoxy) is 3. The van der Waals surface area contributed by atoms with Gasteiger partial charge in [-0.15, -0.1) is 5.10 Å².